The molecule has 1 N–H and O–H groups in total. The van der Waals surface area contributed by atoms with Crippen LogP contribution in [0.3, 0.4) is 0 Å². The Kier molecular flexibility index (Phi) is 3.82. The van der Waals surface area contributed by atoms with Gasteiger partial charge in [0.15, 0.2) is 0 Å². The van der Waals surface area contributed by atoms with Crippen molar-refractivity contribution in [2.24, 2.45) is 0 Å². The molecule has 1 atom stereocenters. The summed E-state index contributed by atoms with van der Waals surface area (Å²) in [6.07, 6.45) is 0.609. The number of hydrogen-bond donors (Lipinski definition) is 1. The lowest BCUT2D eigenvalue weighted by Gasteiger charge is -2.11. The van der Waals surface area contributed by atoms with E-state index in [1.165, 1.54) is 12.1 Å². The van der Waals surface area contributed by atoms with Gasteiger partial charge in [-0.05, 0) is 24.6 Å². The summed E-state index contributed by atoms with van der Waals surface area (Å²) in [5, 5.41) is 0. The third-order valence-corrected chi connectivity index (χ3v) is 4.48. The first-order chi connectivity index (χ1) is 7.99. The van der Waals surface area contributed by atoms with Crippen LogP contribution in [0.15, 0.2) is 27.6 Å². The molecule has 94 valence electrons. The number of halogens is 2. The lowest BCUT2D eigenvalue weighted by atomic mass is 10.3. The summed E-state index contributed by atoms with van der Waals surface area (Å²) < 4.78 is 45.3. The molecule has 0 spiro atoms. The molecule has 2 rings (SSSR count). The van der Waals surface area contributed by atoms with E-state index in [0.717, 1.165) is 6.07 Å². The van der Waals surface area contributed by atoms with Crippen LogP contribution in [0, 0.1) is 5.82 Å². The van der Waals surface area contributed by atoms with Crippen molar-refractivity contribution >= 4 is 26.0 Å². The van der Waals surface area contributed by atoms with E-state index < -0.39 is 15.8 Å². The minimum absolute atomic E-state index is 0.275. The zero-order valence-electron chi connectivity index (χ0n) is 8.82. The first-order valence-corrected chi connectivity index (χ1v) is 7.32. The fraction of sp³-hybridized carbons (Fsp3) is 0.400. The molecule has 7 heteroatoms. The molecule has 1 aliphatic heterocycles. The number of benzene rings is 1. The smallest absolute Gasteiger partial charge is 0.243 e. The summed E-state index contributed by atoms with van der Waals surface area (Å²) in [6, 6.07) is 3.57. The highest BCUT2D eigenvalue weighted by Gasteiger charge is 2.25. The van der Waals surface area contributed by atoms with E-state index >= 15 is 0 Å². The summed E-state index contributed by atoms with van der Waals surface area (Å²) in [5.41, 5.74) is 0. The van der Waals surface area contributed by atoms with Crippen molar-refractivity contribution in [2.75, 3.05) is 13.2 Å². The van der Waals surface area contributed by atoms with Gasteiger partial charge in [0, 0.05) is 17.1 Å². The van der Waals surface area contributed by atoms with Gasteiger partial charge in [-0.2, -0.15) is 0 Å². The molecule has 0 bridgehead atoms. The molecule has 1 unspecified atom stereocenters. The van der Waals surface area contributed by atoms with E-state index in [-0.39, 0.29) is 10.9 Å². The molecule has 0 aliphatic carbocycles. The molecule has 0 radical (unpaired) electrons. The van der Waals surface area contributed by atoms with E-state index in [0.29, 0.717) is 24.1 Å². The second kappa shape index (κ2) is 5.01. The predicted molar refractivity (Wildman–Crippen MR) is 63.6 cm³/mol. The Bertz CT molecular complexity index is 514. The third kappa shape index (κ3) is 3.04. The van der Waals surface area contributed by atoms with Crippen molar-refractivity contribution in [2.45, 2.75) is 17.4 Å². The van der Waals surface area contributed by atoms with E-state index in [1.807, 2.05) is 0 Å². The van der Waals surface area contributed by atoms with E-state index in [4.69, 9.17) is 4.74 Å². The van der Waals surface area contributed by atoms with Gasteiger partial charge < -0.3 is 4.74 Å². The van der Waals surface area contributed by atoms with Crippen LogP contribution in [0.4, 0.5) is 4.39 Å². The second-order valence-electron chi connectivity index (χ2n) is 3.76. The molecule has 1 aliphatic rings. The monoisotopic (exact) mass is 323 g/mol. The van der Waals surface area contributed by atoms with Gasteiger partial charge in [0.25, 0.3) is 0 Å². The zero-order valence-corrected chi connectivity index (χ0v) is 11.2. The first-order valence-electron chi connectivity index (χ1n) is 5.04. The number of hydrogen-bond acceptors (Lipinski definition) is 3. The predicted octanol–water partition coefficient (Wildman–Crippen LogP) is 1.66. The van der Waals surface area contributed by atoms with Crippen LogP contribution in [-0.4, -0.2) is 27.7 Å². The Labute approximate surface area is 107 Å². The van der Waals surface area contributed by atoms with Crippen LogP contribution < -0.4 is 4.72 Å². The normalized spacial score (nSPS) is 20.7. The van der Waals surface area contributed by atoms with Gasteiger partial charge in [-0.1, -0.05) is 15.9 Å². The summed E-state index contributed by atoms with van der Waals surface area (Å²) in [7, 11) is -3.82. The van der Waals surface area contributed by atoms with Crippen molar-refractivity contribution in [3.05, 3.63) is 28.5 Å². The first kappa shape index (κ1) is 12.9. The molecule has 17 heavy (non-hydrogen) atoms. The van der Waals surface area contributed by atoms with Gasteiger partial charge in [-0.25, -0.2) is 17.5 Å². The molecule has 1 aromatic carbocycles. The van der Waals surface area contributed by atoms with Gasteiger partial charge in [0.05, 0.1) is 6.61 Å². The zero-order chi connectivity index (χ0) is 12.5. The SMILES string of the molecule is O=S(=O)(NC1CCOC1)c1ccc(Br)cc1F. The van der Waals surface area contributed by atoms with E-state index in [2.05, 4.69) is 20.7 Å². The minimum Gasteiger partial charge on any atom is -0.380 e. The highest BCUT2D eigenvalue weighted by atomic mass is 79.9. The Morgan fingerprint density at radius 3 is 2.82 bits per heavy atom. The lowest BCUT2D eigenvalue weighted by molar-refractivity contribution is 0.192. The van der Waals surface area contributed by atoms with Gasteiger partial charge >= 0.3 is 0 Å². The van der Waals surface area contributed by atoms with Crippen LogP contribution in [0.5, 0.6) is 0 Å². The molecule has 1 fully saturated rings. The van der Waals surface area contributed by atoms with Crippen molar-refractivity contribution in [1.29, 1.82) is 0 Å². The highest BCUT2D eigenvalue weighted by molar-refractivity contribution is 9.10. The Morgan fingerprint density at radius 1 is 1.47 bits per heavy atom. The van der Waals surface area contributed by atoms with Crippen LogP contribution in [0.2, 0.25) is 0 Å². The fourth-order valence-corrected chi connectivity index (χ4v) is 3.25. The quantitative estimate of drug-likeness (QED) is 0.920. The average Bonchev–Trinajstić information content (AvgIpc) is 2.68. The van der Waals surface area contributed by atoms with Crippen molar-refractivity contribution < 1.29 is 17.5 Å². The van der Waals surface area contributed by atoms with Crippen molar-refractivity contribution in [3.8, 4) is 0 Å². The van der Waals surface area contributed by atoms with Gasteiger partial charge in [-0.3, -0.25) is 0 Å². The number of nitrogens with one attached hydrogen (secondary N) is 1. The maximum absolute atomic E-state index is 13.5. The van der Waals surface area contributed by atoms with Crippen LogP contribution in [0.1, 0.15) is 6.42 Å². The third-order valence-electron chi connectivity index (χ3n) is 2.43. The van der Waals surface area contributed by atoms with Crippen molar-refractivity contribution in [1.82, 2.24) is 4.72 Å². The molecule has 0 aromatic heterocycles. The maximum Gasteiger partial charge on any atom is 0.243 e. The number of rotatable bonds is 3. The average molecular weight is 324 g/mol. The summed E-state index contributed by atoms with van der Waals surface area (Å²) in [5.74, 6) is -0.772. The summed E-state index contributed by atoms with van der Waals surface area (Å²) in [4.78, 5) is -0.340. The van der Waals surface area contributed by atoms with Gasteiger partial charge in [0.1, 0.15) is 10.7 Å². The molecule has 4 nitrogen and oxygen atoms in total. The van der Waals surface area contributed by atoms with Crippen LogP contribution in [-0.2, 0) is 14.8 Å². The summed E-state index contributed by atoms with van der Waals surface area (Å²) in [6.45, 7) is 0.855. The lowest BCUT2D eigenvalue weighted by Crippen LogP contribution is -2.35. The van der Waals surface area contributed by atoms with Crippen molar-refractivity contribution in [3.63, 3.8) is 0 Å². The maximum atomic E-state index is 13.5. The Balaban J connectivity index is 2.24. The number of ether oxygens (including phenoxy) is 1. The molecule has 0 saturated carbocycles. The summed E-state index contributed by atoms with van der Waals surface area (Å²) >= 11 is 3.08. The molecular formula is C10H11BrFNO3S. The van der Waals surface area contributed by atoms with E-state index in [1.54, 1.807) is 0 Å². The van der Waals surface area contributed by atoms with Gasteiger partial charge in [0.2, 0.25) is 10.0 Å². The largest absolute Gasteiger partial charge is 0.380 e. The van der Waals surface area contributed by atoms with Crippen LogP contribution >= 0.6 is 15.9 Å². The van der Waals surface area contributed by atoms with Gasteiger partial charge in [-0.15, -0.1) is 0 Å². The topological polar surface area (TPSA) is 55.4 Å². The Morgan fingerprint density at radius 2 is 2.24 bits per heavy atom. The minimum atomic E-state index is -3.82. The second-order valence-corrected chi connectivity index (χ2v) is 6.35. The molecule has 1 saturated heterocycles. The highest BCUT2D eigenvalue weighted by Crippen LogP contribution is 2.20. The fourth-order valence-electron chi connectivity index (χ4n) is 1.60. The Hall–Kier alpha value is -0.500. The molecule has 0 amide bonds. The van der Waals surface area contributed by atoms with Crippen LogP contribution in [0.25, 0.3) is 0 Å². The molecule has 1 aromatic rings. The molecule has 1 heterocycles. The van der Waals surface area contributed by atoms with E-state index in [9.17, 15) is 12.8 Å². The standard InChI is InChI=1S/C10H11BrFNO3S/c11-7-1-2-10(9(12)5-7)17(14,15)13-8-3-4-16-6-8/h1-2,5,8,13H,3-4,6H2. The number of sulfonamides is 1. The molecular weight excluding hydrogens is 313 g/mol.